The fraction of sp³-hybridized carbons (Fsp3) is 0.417. The van der Waals surface area contributed by atoms with Crippen molar-refractivity contribution in [3.8, 4) is 0 Å². The average molecular weight is 332 g/mol. The van der Waals surface area contributed by atoms with Crippen LogP contribution in [0.25, 0.3) is 0 Å². The Labute approximate surface area is 120 Å². The molecule has 0 saturated heterocycles. The van der Waals surface area contributed by atoms with Crippen LogP contribution < -0.4 is 0 Å². The Bertz CT molecular complexity index is 565. The van der Waals surface area contributed by atoms with E-state index >= 15 is 0 Å². The molecular weight excluding hydrogens is 324 g/mol. The van der Waals surface area contributed by atoms with Crippen molar-refractivity contribution < 1.29 is 31.4 Å². The highest BCUT2D eigenvalue weighted by Gasteiger charge is 2.69. The first-order valence-corrected chi connectivity index (χ1v) is 6.03. The third-order valence-corrected chi connectivity index (χ3v) is 3.43. The maximum absolute atomic E-state index is 12.8. The van der Waals surface area contributed by atoms with Gasteiger partial charge in [-0.2, -0.15) is 26.3 Å². The number of hydrogen-bond acceptors (Lipinski definition) is 2. The summed E-state index contributed by atoms with van der Waals surface area (Å²) in [7, 11) is 0. The lowest BCUT2D eigenvalue weighted by Gasteiger charge is -2.30. The Morgan fingerprint density at radius 1 is 1.10 bits per heavy atom. The van der Waals surface area contributed by atoms with Crippen LogP contribution in [0.2, 0.25) is 5.02 Å². The second-order valence-corrected chi connectivity index (χ2v) is 5.02. The van der Waals surface area contributed by atoms with E-state index in [-0.39, 0.29) is 10.6 Å². The molecule has 0 aliphatic carbocycles. The molecule has 1 heterocycles. The number of aliphatic hydroxyl groups is 1. The maximum atomic E-state index is 12.8. The minimum absolute atomic E-state index is 0.0498. The zero-order chi connectivity index (χ0) is 16.1. The van der Waals surface area contributed by atoms with Gasteiger partial charge in [0.25, 0.3) is 5.72 Å². The Balaban J connectivity index is 2.47. The molecule has 1 aliphatic heterocycles. The lowest BCUT2D eigenvalue weighted by Crippen LogP contribution is -2.52. The summed E-state index contributed by atoms with van der Waals surface area (Å²) >= 11 is 5.60. The molecule has 1 N–H and O–H groups in total. The molecule has 116 valence electrons. The zero-order valence-corrected chi connectivity index (χ0v) is 10.9. The number of halogens is 7. The molecule has 0 bridgehead atoms. The van der Waals surface area contributed by atoms with Gasteiger partial charge in [-0.15, -0.1) is 0 Å². The molecule has 0 fully saturated rings. The molecule has 2 rings (SSSR count). The van der Waals surface area contributed by atoms with Crippen LogP contribution in [0.4, 0.5) is 26.3 Å². The summed E-state index contributed by atoms with van der Waals surface area (Å²) in [4.78, 5) is 2.92. The van der Waals surface area contributed by atoms with Gasteiger partial charge in [0.05, 0.1) is 0 Å². The lowest BCUT2D eigenvalue weighted by atomic mass is 9.92. The van der Waals surface area contributed by atoms with Gasteiger partial charge in [0, 0.05) is 17.2 Å². The molecule has 0 radical (unpaired) electrons. The van der Waals surface area contributed by atoms with Crippen molar-refractivity contribution >= 4 is 17.3 Å². The highest BCUT2D eigenvalue weighted by molar-refractivity contribution is 6.30. The van der Waals surface area contributed by atoms with Gasteiger partial charge in [-0.1, -0.05) is 23.7 Å². The number of hydrogen-bond donors (Lipinski definition) is 1. The third-order valence-electron chi connectivity index (χ3n) is 3.18. The van der Waals surface area contributed by atoms with Crippen LogP contribution in [0.5, 0.6) is 0 Å². The molecule has 9 heteroatoms. The van der Waals surface area contributed by atoms with Gasteiger partial charge in [0.2, 0.25) is 0 Å². The van der Waals surface area contributed by atoms with E-state index in [1.807, 2.05) is 0 Å². The fourth-order valence-electron chi connectivity index (χ4n) is 2.09. The van der Waals surface area contributed by atoms with Crippen molar-refractivity contribution in [2.75, 3.05) is 0 Å². The zero-order valence-electron chi connectivity index (χ0n) is 10.1. The quantitative estimate of drug-likeness (QED) is 0.776. The van der Waals surface area contributed by atoms with E-state index in [4.69, 9.17) is 11.6 Å². The Hall–Kier alpha value is -1.28. The van der Waals surface area contributed by atoms with Crippen LogP contribution in [0.3, 0.4) is 0 Å². The van der Waals surface area contributed by atoms with E-state index in [0.29, 0.717) is 0 Å². The second-order valence-electron chi connectivity index (χ2n) is 4.59. The fourth-order valence-corrected chi connectivity index (χ4v) is 2.22. The Morgan fingerprint density at radius 2 is 1.62 bits per heavy atom. The highest BCUT2D eigenvalue weighted by atomic mass is 35.5. The summed E-state index contributed by atoms with van der Waals surface area (Å²) in [5.41, 5.74) is -4.58. The van der Waals surface area contributed by atoms with E-state index in [1.54, 1.807) is 0 Å². The number of alkyl halides is 6. The monoisotopic (exact) mass is 331 g/mol. The van der Waals surface area contributed by atoms with Crippen LogP contribution >= 0.6 is 11.6 Å². The van der Waals surface area contributed by atoms with Crippen molar-refractivity contribution in [2.45, 2.75) is 24.5 Å². The van der Waals surface area contributed by atoms with Gasteiger partial charge in [0.15, 0.2) is 0 Å². The van der Waals surface area contributed by atoms with Crippen LogP contribution in [-0.2, 0) is 0 Å². The first-order valence-electron chi connectivity index (χ1n) is 5.65. The number of nitrogens with zero attached hydrogens (tertiary/aromatic N) is 1. The van der Waals surface area contributed by atoms with Crippen LogP contribution in [0.15, 0.2) is 29.3 Å². The summed E-state index contributed by atoms with van der Waals surface area (Å²) in [5, 5.41) is 9.72. The molecule has 2 atom stereocenters. The van der Waals surface area contributed by atoms with Crippen molar-refractivity contribution in [1.29, 1.82) is 0 Å². The van der Waals surface area contributed by atoms with Gasteiger partial charge in [-0.05, 0) is 17.7 Å². The lowest BCUT2D eigenvalue weighted by molar-refractivity contribution is -0.316. The van der Waals surface area contributed by atoms with Crippen LogP contribution in [0.1, 0.15) is 12.0 Å². The molecule has 0 aromatic heterocycles. The molecule has 0 spiro atoms. The van der Waals surface area contributed by atoms with Gasteiger partial charge in [-0.25, -0.2) is 4.99 Å². The maximum Gasteiger partial charge on any atom is 0.438 e. The predicted molar refractivity (Wildman–Crippen MR) is 63.2 cm³/mol. The summed E-state index contributed by atoms with van der Waals surface area (Å²) in [6.07, 6.45) is -11.8. The molecule has 1 aromatic rings. The first-order chi connectivity index (χ1) is 9.45. The molecule has 0 amide bonds. The minimum Gasteiger partial charge on any atom is -0.362 e. The van der Waals surface area contributed by atoms with Gasteiger partial charge < -0.3 is 5.11 Å². The van der Waals surface area contributed by atoms with E-state index in [0.717, 1.165) is 0 Å². The largest absolute Gasteiger partial charge is 0.438 e. The smallest absolute Gasteiger partial charge is 0.362 e. The summed E-state index contributed by atoms with van der Waals surface area (Å²) in [5.74, 6) is -3.03. The van der Waals surface area contributed by atoms with Crippen molar-refractivity contribution in [3.63, 3.8) is 0 Å². The minimum atomic E-state index is -5.53. The first kappa shape index (κ1) is 16.1. The predicted octanol–water partition coefficient (Wildman–Crippen LogP) is 3.96. The standard InChI is InChI=1S/C12H8ClF6NO/c13-7-3-1-6(2-4-7)8-5-9(11(14,15)16)10(21,20-8)12(17,18)19/h1-4,9,21H,5H2/t9-,10+/m1/s1. The van der Waals surface area contributed by atoms with E-state index < -0.39 is 36.1 Å². The van der Waals surface area contributed by atoms with Crippen LogP contribution in [0, 0.1) is 5.92 Å². The number of aliphatic imine (C=N–C) groups is 1. The normalized spacial score (nSPS) is 26.9. The SMILES string of the molecule is O[C@@]1(C(F)(F)F)N=C(c2ccc(Cl)cc2)C[C@H]1C(F)(F)F. The second kappa shape index (κ2) is 4.88. The molecule has 21 heavy (non-hydrogen) atoms. The van der Waals surface area contributed by atoms with Gasteiger partial charge >= 0.3 is 12.4 Å². The van der Waals surface area contributed by atoms with E-state index in [1.165, 1.54) is 24.3 Å². The third kappa shape index (κ3) is 2.87. The number of rotatable bonds is 1. The van der Waals surface area contributed by atoms with Gasteiger partial charge in [-0.3, -0.25) is 0 Å². The topological polar surface area (TPSA) is 32.6 Å². The van der Waals surface area contributed by atoms with Crippen LogP contribution in [-0.4, -0.2) is 28.9 Å². The Kier molecular flexibility index (Phi) is 3.74. The van der Waals surface area contributed by atoms with Crippen molar-refractivity contribution in [1.82, 2.24) is 0 Å². The highest BCUT2D eigenvalue weighted by Crippen LogP contribution is 2.50. The average Bonchev–Trinajstić information content (AvgIpc) is 2.69. The molecule has 0 saturated carbocycles. The molecule has 1 aromatic carbocycles. The molecule has 2 nitrogen and oxygen atoms in total. The summed E-state index contributed by atoms with van der Waals surface area (Å²) < 4.78 is 76.8. The molecular formula is C12H8ClF6NO. The van der Waals surface area contributed by atoms with Crippen molar-refractivity contribution in [2.24, 2.45) is 10.9 Å². The molecule has 1 aliphatic rings. The van der Waals surface area contributed by atoms with E-state index in [9.17, 15) is 31.4 Å². The molecule has 0 unspecified atom stereocenters. The Morgan fingerprint density at radius 3 is 2.00 bits per heavy atom. The van der Waals surface area contributed by atoms with E-state index in [2.05, 4.69) is 4.99 Å². The summed E-state index contributed by atoms with van der Waals surface area (Å²) in [6.45, 7) is 0. The number of benzene rings is 1. The summed E-state index contributed by atoms with van der Waals surface area (Å²) in [6, 6.07) is 5.12. The van der Waals surface area contributed by atoms with Gasteiger partial charge in [0.1, 0.15) is 5.92 Å². The van der Waals surface area contributed by atoms with Crippen molar-refractivity contribution in [3.05, 3.63) is 34.9 Å².